The molecule has 6 heteroatoms. The first kappa shape index (κ1) is 13.0. The molecule has 1 aliphatic heterocycles. The van der Waals surface area contributed by atoms with Crippen molar-refractivity contribution in [2.75, 3.05) is 6.54 Å². The predicted octanol–water partition coefficient (Wildman–Crippen LogP) is 0.386. The first-order chi connectivity index (χ1) is 8.61. The maximum absolute atomic E-state index is 11.8. The topological polar surface area (TPSA) is 85.8 Å². The van der Waals surface area contributed by atoms with Gasteiger partial charge in [-0.1, -0.05) is 6.92 Å². The Labute approximate surface area is 107 Å². The number of carbonyl (C=O) groups is 1. The lowest BCUT2D eigenvalue weighted by Crippen LogP contribution is -2.31. The molecule has 0 aliphatic carbocycles. The minimum atomic E-state index is -0.0955. The third-order valence-corrected chi connectivity index (χ3v) is 3.34. The van der Waals surface area contributed by atoms with Gasteiger partial charge in [0.1, 0.15) is 5.82 Å². The van der Waals surface area contributed by atoms with E-state index in [-0.39, 0.29) is 17.9 Å². The Hall–Kier alpha value is -1.43. The standard InChI is InChI=1S/C12H21N5O/c1-8(7-13)6-11(18)14-9(2)12-16-15-10-4-3-5-17(10)12/h8-9H,3-7,13H2,1-2H3,(H,14,18). The van der Waals surface area contributed by atoms with Gasteiger partial charge < -0.3 is 15.6 Å². The van der Waals surface area contributed by atoms with E-state index in [1.54, 1.807) is 0 Å². The van der Waals surface area contributed by atoms with E-state index in [9.17, 15) is 4.79 Å². The first-order valence-electron chi connectivity index (χ1n) is 6.53. The van der Waals surface area contributed by atoms with Crippen LogP contribution >= 0.6 is 0 Å². The van der Waals surface area contributed by atoms with Crippen molar-refractivity contribution >= 4 is 5.91 Å². The predicted molar refractivity (Wildman–Crippen MR) is 67.7 cm³/mol. The van der Waals surface area contributed by atoms with Crippen LogP contribution in [0.25, 0.3) is 0 Å². The second kappa shape index (κ2) is 5.48. The van der Waals surface area contributed by atoms with Crippen molar-refractivity contribution in [3.05, 3.63) is 11.6 Å². The molecular weight excluding hydrogens is 230 g/mol. The van der Waals surface area contributed by atoms with Crippen LogP contribution in [0, 0.1) is 5.92 Å². The summed E-state index contributed by atoms with van der Waals surface area (Å²) in [7, 11) is 0. The minimum Gasteiger partial charge on any atom is -0.346 e. The van der Waals surface area contributed by atoms with Gasteiger partial charge >= 0.3 is 0 Å². The summed E-state index contributed by atoms with van der Waals surface area (Å²) in [6.45, 7) is 5.40. The van der Waals surface area contributed by atoms with Crippen LogP contribution in [0.3, 0.4) is 0 Å². The van der Waals surface area contributed by atoms with Gasteiger partial charge in [0.2, 0.25) is 5.91 Å². The monoisotopic (exact) mass is 251 g/mol. The molecule has 1 aromatic heterocycles. The van der Waals surface area contributed by atoms with E-state index in [4.69, 9.17) is 5.73 Å². The number of nitrogens with two attached hydrogens (primary N) is 1. The molecule has 0 fully saturated rings. The number of nitrogens with zero attached hydrogens (tertiary/aromatic N) is 3. The lowest BCUT2D eigenvalue weighted by atomic mass is 10.1. The number of aromatic nitrogens is 3. The second-order valence-electron chi connectivity index (χ2n) is 5.06. The van der Waals surface area contributed by atoms with Gasteiger partial charge in [-0.2, -0.15) is 0 Å². The van der Waals surface area contributed by atoms with Gasteiger partial charge in [-0.05, 0) is 25.8 Å². The third-order valence-electron chi connectivity index (χ3n) is 3.34. The van der Waals surface area contributed by atoms with Crippen LogP contribution in [0.2, 0.25) is 0 Å². The van der Waals surface area contributed by atoms with Crippen molar-refractivity contribution in [2.24, 2.45) is 11.7 Å². The Morgan fingerprint density at radius 2 is 2.28 bits per heavy atom. The SMILES string of the molecule is CC(CN)CC(=O)NC(C)c1nnc2n1CCC2. The number of rotatable bonds is 5. The Morgan fingerprint density at radius 3 is 3.00 bits per heavy atom. The van der Waals surface area contributed by atoms with Crippen molar-refractivity contribution in [1.29, 1.82) is 0 Å². The molecule has 2 atom stereocenters. The summed E-state index contributed by atoms with van der Waals surface area (Å²) in [6.07, 6.45) is 2.56. The molecule has 1 aromatic rings. The maximum Gasteiger partial charge on any atom is 0.220 e. The van der Waals surface area contributed by atoms with E-state index < -0.39 is 0 Å². The highest BCUT2D eigenvalue weighted by Crippen LogP contribution is 2.19. The quantitative estimate of drug-likeness (QED) is 0.792. The van der Waals surface area contributed by atoms with Crippen LogP contribution in [0.4, 0.5) is 0 Å². The molecule has 2 unspecified atom stereocenters. The van der Waals surface area contributed by atoms with Gasteiger partial charge in [-0.15, -0.1) is 10.2 Å². The zero-order valence-corrected chi connectivity index (χ0v) is 11.0. The summed E-state index contributed by atoms with van der Waals surface area (Å²) < 4.78 is 2.11. The molecule has 2 heterocycles. The van der Waals surface area contributed by atoms with Crippen molar-refractivity contribution < 1.29 is 4.79 Å². The Balaban J connectivity index is 1.95. The molecule has 0 aromatic carbocycles. The highest BCUT2D eigenvalue weighted by molar-refractivity contribution is 5.76. The normalized spacial score (nSPS) is 17.3. The Kier molecular flexibility index (Phi) is 3.96. The van der Waals surface area contributed by atoms with Crippen LogP contribution in [0.15, 0.2) is 0 Å². The number of amides is 1. The van der Waals surface area contributed by atoms with E-state index in [1.807, 2.05) is 13.8 Å². The van der Waals surface area contributed by atoms with E-state index in [1.165, 1.54) is 0 Å². The van der Waals surface area contributed by atoms with Crippen LogP contribution in [-0.4, -0.2) is 27.2 Å². The smallest absolute Gasteiger partial charge is 0.220 e. The number of fused-ring (bicyclic) bond motifs is 1. The van der Waals surface area contributed by atoms with Crippen molar-refractivity contribution in [3.63, 3.8) is 0 Å². The zero-order valence-electron chi connectivity index (χ0n) is 11.0. The van der Waals surface area contributed by atoms with Gasteiger partial charge in [-0.25, -0.2) is 0 Å². The summed E-state index contributed by atoms with van der Waals surface area (Å²) >= 11 is 0. The molecule has 2 rings (SSSR count). The molecule has 3 N–H and O–H groups in total. The molecule has 18 heavy (non-hydrogen) atoms. The third kappa shape index (κ3) is 2.69. The number of aryl methyl sites for hydroxylation is 1. The van der Waals surface area contributed by atoms with E-state index >= 15 is 0 Å². The van der Waals surface area contributed by atoms with E-state index in [0.717, 1.165) is 31.0 Å². The summed E-state index contributed by atoms with van der Waals surface area (Å²) in [6, 6.07) is -0.0955. The maximum atomic E-state index is 11.8. The van der Waals surface area contributed by atoms with Crippen molar-refractivity contribution in [2.45, 2.75) is 45.7 Å². The molecular formula is C12H21N5O. The molecule has 6 nitrogen and oxygen atoms in total. The number of hydrogen-bond donors (Lipinski definition) is 2. The van der Waals surface area contributed by atoms with Gasteiger partial charge in [0, 0.05) is 19.4 Å². The fourth-order valence-electron chi connectivity index (χ4n) is 2.26. The van der Waals surface area contributed by atoms with Gasteiger partial charge in [0.05, 0.1) is 6.04 Å². The second-order valence-corrected chi connectivity index (χ2v) is 5.06. The minimum absolute atomic E-state index is 0.0239. The van der Waals surface area contributed by atoms with E-state index in [0.29, 0.717) is 13.0 Å². The zero-order chi connectivity index (χ0) is 13.1. The first-order valence-corrected chi connectivity index (χ1v) is 6.53. The fraction of sp³-hybridized carbons (Fsp3) is 0.750. The van der Waals surface area contributed by atoms with Crippen LogP contribution in [0.5, 0.6) is 0 Å². The average molecular weight is 251 g/mol. The Bertz CT molecular complexity index is 428. The summed E-state index contributed by atoms with van der Waals surface area (Å²) in [5.41, 5.74) is 5.51. The van der Waals surface area contributed by atoms with E-state index in [2.05, 4.69) is 20.1 Å². The van der Waals surface area contributed by atoms with Gasteiger partial charge in [-0.3, -0.25) is 4.79 Å². The van der Waals surface area contributed by atoms with Crippen LogP contribution < -0.4 is 11.1 Å². The summed E-state index contributed by atoms with van der Waals surface area (Å²) in [4.78, 5) is 11.8. The lowest BCUT2D eigenvalue weighted by molar-refractivity contribution is -0.122. The highest BCUT2D eigenvalue weighted by Gasteiger charge is 2.22. The highest BCUT2D eigenvalue weighted by atomic mass is 16.1. The van der Waals surface area contributed by atoms with Crippen molar-refractivity contribution in [1.82, 2.24) is 20.1 Å². The molecule has 1 aliphatic rings. The molecule has 1 amide bonds. The molecule has 0 spiro atoms. The van der Waals surface area contributed by atoms with Crippen LogP contribution in [-0.2, 0) is 17.8 Å². The number of carbonyl (C=O) groups excluding carboxylic acids is 1. The largest absolute Gasteiger partial charge is 0.346 e. The molecule has 0 saturated carbocycles. The Morgan fingerprint density at radius 1 is 1.50 bits per heavy atom. The molecule has 100 valence electrons. The van der Waals surface area contributed by atoms with Crippen LogP contribution in [0.1, 0.15) is 44.4 Å². The fourth-order valence-corrected chi connectivity index (χ4v) is 2.26. The molecule has 0 radical (unpaired) electrons. The molecule has 0 bridgehead atoms. The average Bonchev–Trinajstić information content (AvgIpc) is 2.89. The summed E-state index contributed by atoms with van der Waals surface area (Å²) in [5, 5.41) is 11.3. The van der Waals surface area contributed by atoms with Gasteiger partial charge in [0.15, 0.2) is 5.82 Å². The number of nitrogens with one attached hydrogen (secondary N) is 1. The lowest BCUT2D eigenvalue weighted by Gasteiger charge is -2.15. The summed E-state index contributed by atoms with van der Waals surface area (Å²) in [5.74, 6) is 2.12. The van der Waals surface area contributed by atoms with Crippen molar-refractivity contribution in [3.8, 4) is 0 Å². The molecule has 0 saturated heterocycles. The number of hydrogen-bond acceptors (Lipinski definition) is 4. The van der Waals surface area contributed by atoms with Gasteiger partial charge in [0.25, 0.3) is 0 Å².